The van der Waals surface area contributed by atoms with Gasteiger partial charge in [0.25, 0.3) is 5.91 Å². The number of hydrogen-bond donors (Lipinski definition) is 1. The van der Waals surface area contributed by atoms with Crippen LogP contribution >= 0.6 is 11.3 Å². The van der Waals surface area contributed by atoms with Crippen molar-refractivity contribution >= 4 is 39.2 Å². The monoisotopic (exact) mass is 447 g/mol. The first-order valence-electron chi connectivity index (χ1n) is 10.6. The van der Waals surface area contributed by atoms with E-state index in [4.69, 9.17) is 5.26 Å². The third-order valence-electron chi connectivity index (χ3n) is 5.72. The molecule has 8 heteroatoms. The molecule has 1 saturated heterocycles. The third-order valence-corrected chi connectivity index (χ3v) is 6.67. The number of urea groups is 1. The van der Waals surface area contributed by atoms with Crippen LogP contribution in [0, 0.1) is 11.3 Å². The smallest absolute Gasteiger partial charge is 0.322 e. The summed E-state index contributed by atoms with van der Waals surface area (Å²) in [7, 11) is 0. The fourth-order valence-electron chi connectivity index (χ4n) is 4.02. The van der Waals surface area contributed by atoms with E-state index in [2.05, 4.69) is 22.5 Å². The van der Waals surface area contributed by atoms with Gasteiger partial charge in [0.2, 0.25) is 0 Å². The predicted octanol–water partition coefficient (Wildman–Crippen LogP) is 4.53. The number of nitriles is 1. The molecule has 1 N–H and O–H groups in total. The second-order valence-corrected chi connectivity index (χ2v) is 8.75. The van der Waals surface area contributed by atoms with E-state index in [0.717, 1.165) is 23.2 Å². The molecule has 0 spiro atoms. The van der Waals surface area contributed by atoms with Gasteiger partial charge in [0, 0.05) is 43.3 Å². The second-order valence-electron chi connectivity index (χ2n) is 7.85. The Hall–Kier alpha value is -3.57. The first-order chi connectivity index (χ1) is 15.5. The summed E-state index contributed by atoms with van der Waals surface area (Å²) in [6.07, 6.45) is 2.66. The summed E-state index contributed by atoms with van der Waals surface area (Å²) in [5.41, 5.74) is 1.87. The molecular weight excluding hydrogens is 422 g/mol. The minimum absolute atomic E-state index is 0.00328. The Bertz CT molecular complexity index is 1190. The summed E-state index contributed by atoms with van der Waals surface area (Å²) >= 11 is 1.64. The maximum atomic E-state index is 13.4. The molecule has 3 heterocycles. The zero-order chi connectivity index (χ0) is 22.7. The number of carbonyl (C=O) groups excluding carboxylic acids is 2. The Morgan fingerprint density at radius 1 is 1.28 bits per heavy atom. The number of allylic oxidation sites excluding steroid dienone is 1. The van der Waals surface area contributed by atoms with Crippen molar-refractivity contribution < 1.29 is 9.59 Å². The van der Waals surface area contributed by atoms with Crippen molar-refractivity contribution in [2.24, 2.45) is 0 Å². The molecule has 1 aromatic carbocycles. The first-order valence-corrected chi connectivity index (χ1v) is 11.4. The van der Waals surface area contributed by atoms with Crippen LogP contribution in [0.15, 0.2) is 54.4 Å². The molecule has 0 saturated carbocycles. The van der Waals surface area contributed by atoms with Crippen LogP contribution in [0.1, 0.15) is 29.4 Å². The molecule has 3 amide bonds. The lowest BCUT2D eigenvalue weighted by Gasteiger charge is -2.39. The number of hydrogen-bond acceptors (Lipinski definition) is 4. The van der Waals surface area contributed by atoms with Crippen LogP contribution in [0.25, 0.3) is 10.2 Å². The SMILES string of the molecule is C=CCCn1c(C(=O)N2CCN(C(=O)Nc3ccc(C#N)cc3)C(C)C2)cc2ccsc21. The van der Waals surface area contributed by atoms with Gasteiger partial charge in [-0.2, -0.15) is 5.26 Å². The molecule has 4 rings (SSSR count). The van der Waals surface area contributed by atoms with E-state index in [0.29, 0.717) is 36.6 Å². The van der Waals surface area contributed by atoms with Crippen LogP contribution in [-0.2, 0) is 6.54 Å². The summed E-state index contributed by atoms with van der Waals surface area (Å²) in [5, 5.41) is 14.9. The summed E-state index contributed by atoms with van der Waals surface area (Å²) in [6, 6.07) is 12.5. The van der Waals surface area contributed by atoms with Crippen LogP contribution in [0.2, 0.25) is 0 Å². The number of aromatic nitrogens is 1. The zero-order valence-electron chi connectivity index (χ0n) is 18.0. The number of fused-ring (bicyclic) bond motifs is 1. The van der Waals surface area contributed by atoms with Crippen molar-refractivity contribution in [1.29, 1.82) is 5.26 Å². The predicted molar refractivity (Wildman–Crippen MR) is 127 cm³/mol. The van der Waals surface area contributed by atoms with Crippen molar-refractivity contribution in [3.05, 3.63) is 65.7 Å². The number of piperazine rings is 1. The number of thiophene rings is 1. The molecule has 0 radical (unpaired) electrons. The molecular formula is C24H25N5O2S. The van der Waals surface area contributed by atoms with Gasteiger partial charge in [-0.3, -0.25) is 4.79 Å². The van der Waals surface area contributed by atoms with E-state index in [-0.39, 0.29) is 18.0 Å². The van der Waals surface area contributed by atoms with E-state index in [1.165, 1.54) is 0 Å². The zero-order valence-corrected chi connectivity index (χ0v) is 18.8. The molecule has 1 unspecified atom stereocenters. The van der Waals surface area contributed by atoms with Crippen molar-refractivity contribution in [3.63, 3.8) is 0 Å². The Morgan fingerprint density at radius 2 is 2.06 bits per heavy atom. The summed E-state index contributed by atoms with van der Waals surface area (Å²) in [5.74, 6) is -0.00328. The fraction of sp³-hybridized carbons (Fsp3) is 0.292. The van der Waals surface area contributed by atoms with E-state index < -0.39 is 0 Å². The molecule has 2 aromatic heterocycles. The number of aryl methyl sites for hydroxylation is 1. The first kappa shape index (κ1) is 21.7. The number of carbonyl (C=O) groups is 2. The lowest BCUT2D eigenvalue weighted by molar-refractivity contribution is 0.0582. The lowest BCUT2D eigenvalue weighted by Crippen LogP contribution is -2.56. The van der Waals surface area contributed by atoms with Crippen molar-refractivity contribution in [3.8, 4) is 6.07 Å². The standard InChI is InChI=1S/C24H25N5O2S/c1-3-4-10-29-21(14-19-9-13-32-23(19)29)22(30)27-11-12-28(17(2)16-27)24(31)26-20-7-5-18(15-25)6-8-20/h3,5-9,13-14,17H,1,4,10-12,16H2,2H3,(H,26,31). The number of nitrogens with zero attached hydrogens (tertiary/aromatic N) is 4. The van der Waals surface area contributed by atoms with E-state index >= 15 is 0 Å². The number of nitrogens with one attached hydrogen (secondary N) is 1. The maximum Gasteiger partial charge on any atom is 0.322 e. The highest BCUT2D eigenvalue weighted by Gasteiger charge is 2.31. The summed E-state index contributed by atoms with van der Waals surface area (Å²) < 4.78 is 2.08. The van der Waals surface area contributed by atoms with Gasteiger partial charge in [0.15, 0.2) is 0 Å². The van der Waals surface area contributed by atoms with E-state index in [9.17, 15) is 9.59 Å². The quantitative estimate of drug-likeness (QED) is 0.584. The molecule has 1 aliphatic heterocycles. The molecule has 7 nitrogen and oxygen atoms in total. The summed E-state index contributed by atoms with van der Waals surface area (Å²) in [6.45, 7) is 7.88. The Labute approximate surface area is 191 Å². The Kier molecular flexibility index (Phi) is 6.28. The second kappa shape index (κ2) is 9.28. The van der Waals surface area contributed by atoms with Crippen LogP contribution < -0.4 is 5.32 Å². The van der Waals surface area contributed by atoms with Gasteiger partial charge < -0.3 is 19.7 Å². The average Bonchev–Trinajstić information content (AvgIpc) is 3.39. The van der Waals surface area contributed by atoms with Crippen LogP contribution in [-0.4, -0.2) is 52.0 Å². The molecule has 1 atom stereocenters. The third kappa shape index (κ3) is 4.25. The summed E-state index contributed by atoms with van der Waals surface area (Å²) in [4.78, 5) is 30.8. The van der Waals surface area contributed by atoms with Crippen LogP contribution in [0.4, 0.5) is 10.5 Å². The van der Waals surface area contributed by atoms with E-state index in [1.807, 2.05) is 35.4 Å². The highest BCUT2D eigenvalue weighted by molar-refractivity contribution is 7.16. The normalized spacial score (nSPS) is 16.1. The largest absolute Gasteiger partial charge is 0.334 e. The minimum atomic E-state index is -0.204. The molecule has 1 aliphatic rings. The van der Waals surface area contributed by atoms with Gasteiger partial charge in [-0.1, -0.05) is 6.08 Å². The molecule has 32 heavy (non-hydrogen) atoms. The van der Waals surface area contributed by atoms with Gasteiger partial charge in [-0.25, -0.2) is 4.79 Å². The highest BCUT2D eigenvalue weighted by Crippen LogP contribution is 2.27. The number of anilines is 1. The molecule has 3 aromatic rings. The van der Waals surface area contributed by atoms with Gasteiger partial charge in [0.1, 0.15) is 10.5 Å². The van der Waals surface area contributed by atoms with Crippen LogP contribution in [0.5, 0.6) is 0 Å². The van der Waals surface area contributed by atoms with Crippen molar-refractivity contribution in [1.82, 2.24) is 14.4 Å². The number of benzene rings is 1. The van der Waals surface area contributed by atoms with Gasteiger partial charge in [0.05, 0.1) is 11.6 Å². The van der Waals surface area contributed by atoms with Crippen LogP contribution in [0.3, 0.4) is 0 Å². The maximum absolute atomic E-state index is 13.4. The highest BCUT2D eigenvalue weighted by atomic mass is 32.1. The van der Waals surface area contributed by atoms with E-state index in [1.54, 1.807) is 40.5 Å². The van der Waals surface area contributed by atoms with Crippen molar-refractivity contribution in [2.45, 2.75) is 25.9 Å². The van der Waals surface area contributed by atoms with Gasteiger partial charge in [-0.15, -0.1) is 17.9 Å². The van der Waals surface area contributed by atoms with Crippen molar-refractivity contribution in [2.75, 3.05) is 25.0 Å². The number of rotatable bonds is 5. The Morgan fingerprint density at radius 3 is 2.75 bits per heavy atom. The lowest BCUT2D eigenvalue weighted by atomic mass is 10.2. The number of amides is 3. The molecule has 164 valence electrons. The fourth-order valence-corrected chi connectivity index (χ4v) is 4.95. The average molecular weight is 448 g/mol. The topological polar surface area (TPSA) is 81.4 Å². The van der Waals surface area contributed by atoms with Gasteiger partial charge in [-0.05, 0) is 55.1 Å². The Balaban J connectivity index is 1.44. The molecule has 0 aliphatic carbocycles. The minimum Gasteiger partial charge on any atom is -0.334 e. The molecule has 0 bridgehead atoms. The molecule has 1 fully saturated rings. The van der Waals surface area contributed by atoms with Gasteiger partial charge >= 0.3 is 6.03 Å².